The number of allylic oxidation sites excluding steroid dienone is 2. The summed E-state index contributed by atoms with van der Waals surface area (Å²) in [7, 11) is 0. The van der Waals surface area contributed by atoms with E-state index >= 15 is 0 Å². The third-order valence-corrected chi connectivity index (χ3v) is 5.68. The average Bonchev–Trinajstić information content (AvgIpc) is 2.78. The van der Waals surface area contributed by atoms with Crippen molar-refractivity contribution < 1.29 is 22.6 Å². The molecule has 2 aliphatic rings. The van der Waals surface area contributed by atoms with Gasteiger partial charge in [0, 0.05) is 25.7 Å². The number of nitriles is 1. The van der Waals surface area contributed by atoms with E-state index in [2.05, 4.69) is 5.32 Å². The van der Waals surface area contributed by atoms with Crippen molar-refractivity contribution in [2.75, 3.05) is 18.6 Å². The Hall–Kier alpha value is -3.44. The SMILES string of the molecule is CC1=C2OC(C)(C)OCC2N(CNc2ccc(-c3ccc(C#N)cc3)cc2C(F)(F)F)C=C1. The number of ether oxygens (including phenoxy) is 2. The normalized spacial score (nSPS) is 19.5. The lowest BCUT2D eigenvalue weighted by atomic mass is 10.0. The molecule has 5 nitrogen and oxygen atoms in total. The highest BCUT2D eigenvalue weighted by Crippen LogP contribution is 2.38. The summed E-state index contributed by atoms with van der Waals surface area (Å²) >= 11 is 0. The van der Waals surface area contributed by atoms with Crippen molar-refractivity contribution in [2.24, 2.45) is 0 Å². The van der Waals surface area contributed by atoms with Crippen LogP contribution in [-0.2, 0) is 15.7 Å². The van der Waals surface area contributed by atoms with Crippen molar-refractivity contribution in [2.45, 2.75) is 38.8 Å². The van der Waals surface area contributed by atoms with E-state index in [9.17, 15) is 13.2 Å². The number of rotatable bonds is 4. The zero-order chi connectivity index (χ0) is 23.8. The summed E-state index contributed by atoms with van der Waals surface area (Å²) in [5, 5.41) is 11.9. The van der Waals surface area contributed by atoms with E-state index in [1.807, 2.05) is 44.0 Å². The van der Waals surface area contributed by atoms with Gasteiger partial charge in [0.05, 0.1) is 30.5 Å². The summed E-state index contributed by atoms with van der Waals surface area (Å²) in [5.41, 5.74) is 1.68. The Kier molecular flexibility index (Phi) is 5.85. The van der Waals surface area contributed by atoms with Crippen LogP contribution in [0.4, 0.5) is 18.9 Å². The maximum atomic E-state index is 13.9. The number of halogens is 3. The third-order valence-electron chi connectivity index (χ3n) is 5.68. The first-order chi connectivity index (χ1) is 15.6. The molecular formula is C25H24F3N3O2. The first-order valence-electron chi connectivity index (χ1n) is 10.5. The van der Waals surface area contributed by atoms with Gasteiger partial charge in [-0.25, -0.2) is 0 Å². The van der Waals surface area contributed by atoms with E-state index in [1.54, 1.807) is 30.3 Å². The second kappa shape index (κ2) is 8.49. The van der Waals surface area contributed by atoms with Crippen LogP contribution in [0.2, 0.25) is 0 Å². The zero-order valence-electron chi connectivity index (χ0n) is 18.5. The monoisotopic (exact) mass is 455 g/mol. The largest absolute Gasteiger partial charge is 0.465 e. The highest BCUT2D eigenvalue weighted by Gasteiger charge is 2.38. The molecule has 0 saturated carbocycles. The average molecular weight is 455 g/mol. The van der Waals surface area contributed by atoms with Gasteiger partial charge in [-0.15, -0.1) is 0 Å². The summed E-state index contributed by atoms with van der Waals surface area (Å²) in [5.74, 6) is 0.0185. The fourth-order valence-electron chi connectivity index (χ4n) is 3.89. The van der Waals surface area contributed by atoms with Crippen molar-refractivity contribution in [3.05, 3.63) is 77.2 Å². The molecule has 2 aromatic carbocycles. The van der Waals surface area contributed by atoms with Crippen molar-refractivity contribution in [3.63, 3.8) is 0 Å². The Balaban J connectivity index is 1.56. The molecule has 33 heavy (non-hydrogen) atoms. The van der Waals surface area contributed by atoms with Crippen molar-refractivity contribution in [1.82, 2.24) is 4.90 Å². The number of alkyl halides is 3. The Morgan fingerprint density at radius 2 is 1.85 bits per heavy atom. The topological polar surface area (TPSA) is 57.5 Å². The van der Waals surface area contributed by atoms with Crippen LogP contribution in [0.15, 0.2) is 66.1 Å². The number of nitrogens with one attached hydrogen (secondary N) is 1. The standard InChI is InChI=1S/C25H24F3N3O2/c1-16-10-11-31(22-14-32-24(2,3)33-23(16)22)15-30-21-9-8-19(12-20(21)25(26,27)28)18-6-4-17(13-29)5-7-18/h4-12,22,30H,14-15H2,1-3H3. The minimum absolute atomic E-state index is 0.0147. The fourth-order valence-corrected chi connectivity index (χ4v) is 3.89. The van der Waals surface area contributed by atoms with Gasteiger partial charge < -0.3 is 19.7 Å². The van der Waals surface area contributed by atoms with Gasteiger partial charge in [0.2, 0.25) is 5.79 Å². The van der Waals surface area contributed by atoms with Gasteiger partial charge in [0.1, 0.15) is 11.8 Å². The number of hydrogen-bond acceptors (Lipinski definition) is 5. The smallest absolute Gasteiger partial charge is 0.418 e. The Morgan fingerprint density at radius 3 is 2.52 bits per heavy atom. The highest BCUT2D eigenvalue weighted by atomic mass is 19.4. The van der Waals surface area contributed by atoms with Gasteiger partial charge in [-0.05, 0) is 54.0 Å². The fraction of sp³-hybridized carbons (Fsp3) is 0.320. The second-order valence-corrected chi connectivity index (χ2v) is 8.49. The summed E-state index contributed by atoms with van der Waals surface area (Å²) in [6.45, 7) is 6.11. The van der Waals surface area contributed by atoms with Crippen molar-refractivity contribution >= 4 is 5.69 Å². The number of anilines is 1. The van der Waals surface area contributed by atoms with E-state index in [4.69, 9.17) is 14.7 Å². The van der Waals surface area contributed by atoms with Gasteiger partial charge in [-0.2, -0.15) is 18.4 Å². The number of hydrogen-bond donors (Lipinski definition) is 1. The van der Waals surface area contributed by atoms with Gasteiger partial charge in [-0.3, -0.25) is 0 Å². The van der Waals surface area contributed by atoms with E-state index in [0.29, 0.717) is 23.3 Å². The molecule has 0 radical (unpaired) electrons. The third kappa shape index (κ3) is 4.83. The zero-order valence-corrected chi connectivity index (χ0v) is 18.5. The highest BCUT2D eigenvalue weighted by molar-refractivity contribution is 5.69. The molecule has 0 bridgehead atoms. The lowest BCUT2D eigenvalue weighted by Gasteiger charge is -2.44. The lowest BCUT2D eigenvalue weighted by Crippen LogP contribution is -2.50. The van der Waals surface area contributed by atoms with Crippen LogP contribution in [0.25, 0.3) is 11.1 Å². The molecule has 8 heteroatoms. The molecule has 2 heterocycles. The van der Waals surface area contributed by atoms with Crippen LogP contribution in [0.3, 0.4) is 0 Å². The van der Waals surface area contributed by atoms with Crippen LogP contribution >= 0.6 is 0 Å². The quantitative estimate of drug-likeness (QED) is 0.625. The maximum absolute atomic E-state index is 13.9. The van der Waals surface area contributed by atoms with Crippen molar-refractivity contribution in [1.29, 1.82) is 5.26 Å². The van der Waals surface area contributed by atoms with Gasteiger partial charge in [-0.1, -0.05) is 18.2 Å². The lowest BCUT2D eigenvalue weighted by molar-refractivity contribution is -0.233. The number of benzene rings is 2. The predicted molar refractivity (Wildman–Crippen MR) is 119 cm³/mol. The van der Waals surface area contributed by atoms with Gasteiger partial charge in [0.25, 0.3) is 0 Å². The van der Waals surface area contributed by atoms with Crippen LogP contribution in [0.1, 0.15) is 31.9 Å². The van der Waals surface area contributed by atoms with Crippen LogP contribution in [0, 0.1) is 11.3 Å². The first kappa shape index (κ1) is 22.7. The van der Waals surface area contributed by atoms with Crippen LogP contribution in [-0.4, -0.2) is 30.0 Å². The Morgan fingerprint density at radius 1 is 1.15 bits per heavy atom. The van der Waals surface area contributed by atoms with Crippen molar-refractivity contribution in [3.8, 4) is 17.2 Å². The molecule has 1 unspecified atom stereocenters. The number of nitrogens with zero attached hydrogens (tertiary/aromatic N) is 2. The molecule has 172 valence electrons. The van der Waals surface area contributed by atoms with E-state index in [0.717, 1.165) is 17.4 Å². The summed E-state index contributed by atoms with van der Waals surface area (Å²) in [4.78, 5) is 1.87. The molecule has 2 aromatic rings. The molecule has 1 fully saturated rings. The molecule has 0 aliphatic carbocycles. The van der Waals surface area contributed by atoms with E-state index < -0.39 is 17.5 Å². The number of fused-ring (bicyclic) bond motifs is 1. The molecule has 4 rings (SSSR count). The first-order valence-corrected chi connectivity index (χ1v) is 10.5. The van der Waals surface area contributed by atoms with E-state index in [1.165, 1.54) is 6.07 Å². The van der Waals surface area contributed by atoms with Gasteiger partial charge in [0.15, 0.2) is 0 Å². The van der Waals surface area contributed by atoms with Gasteiger partial charge >= 0.3 is 6.18 Å². The second-order valence-electron chi connectivity index (χ2n) is 8.49. The summed E-state index contributed by atoms with van der Waals surface area (Å²) < 4.78 is 53.4. The van der Waals surface area contributed by atoms with Crippen LogP contribution < -0.4 is 5.32 Å². The molecule has 1 N–H and O–H groups in total. The Labute approximate surface area is 190 Å². The molecule has 2 aliphatic heterocycles. The van der Waals surface area contributed by atoms with Crippen LogP contribution in [0.5, 0.6) is 0 Å². The predicted octanol–water partition coefficient (Wildman–Crippen LogP) is 5.87. The summed E-state index contributed by atoms with van der Waals surface area (Å²) in [6.07, 6.45) is -0.821. The maximum Gasteiger partial charge on any atom is 0.418 e. The summed E-state index contributed by atoms with van der Waals surface area (Å²) in [6, 6.07) is 12.4. The minimum Gasteiger partial charge on any atom is -0.465 e. The molecule has 1 atom stereocenters. The minimum atomic E-state index is -4.54. The molecule has 0 amide bonds. The molecule has 0 spiro atoms. The van der Waals surface area contributed by atoms with E-state index in [-0.39, 0.29) is 18.4 Å². The molecule has 0 aromatic heterocycles. The molecular weight excluding hydrogens is 431 g/mol. The molecule has 1 saturated heterocycles. The Bertz CT molecular complexity index is 1140.